The molecule has 0 aliphatic heterocycles. The first kappa shape index (κ1) is 34.8. The number of hydrogen-bond acceptors (Lipinski definition) is 5. The van der Waals surface area contributed by atoms with Crippen molar-refractivity contribution in [1.29, 1.82) is 0 Å². The quantitative estimate of drug-likeness (QED) is 0.163. The van der Waals surface area contributed by atoms with Crippen LogP contribution in [0.2, 0.25) is 0 Å². The van der Waals surface area contributed by atoms with Gasteiger partial charge in [0.1, 0.15) is 11.2 Å². The summed E-state index contributed by atoms with van der Waals surface area (Å²) in [5.74, 6) is 1.89. The highest BCUT2D eigenvalue weighted by Crippen LogP contribution is 2.45. The van der Waals surface area contributed by atoms with Gasteiger partial charge in [0.25, 0.3) is 0 Å². The minimum Gasteiger partial charge on any atom is -0.455 e. The van der Waals surface area contributed by atoms with E-state index in [0.29, 0.717) is 17.5 Å². The molecule has 10 aromatic carbocycles. The van der Waals surface area contributed by atoms with Crippen molar-refractivity contribution in [3.8, 4) is 56.4 Å². The molecule has 0 amide bonds. The third kappa shape index (κ3) is 5.56. The molecule has 0 aliphatic rings. The molecule has 0 atom stereocenters. The lowest BCUT2D eigenvalue weighted by atomic mass is 9.95. The van der Waals surface area contributed by atoms with Gasteiger partial charge in [0.05, 0.1) is 0 Å². The number of fused-ring (bicyclic) bond motifs is 11. The standard InChI is InChI=1S/C57H33N3OS/c1-2-12-37(13-3-1)55-58-56(38-26-23-35(24-27-38)43-18-10-19-46-45-17-8-9-20-50(45)61-53(43)46)60-57(59-55)49-33-41-14-5-7-16-44(41)54-52(49)48-32-40(29-30-51(48)62-54)39-28-25-36-22-21-34-11-4-6-15-42(34)47(36)31-39/h1-33H. The summed E-state index contributed by atoms with van der Waals surface area (Å²) in [5.41, 5.74) is 9.07. The van der Waals surface area contributed by atoms with Crippen LogP contribution >= 0.6 is 11.3 Å². The smallest absolute Gasteiger partial charge is 0.164 e. The number of nitrogens with zero attached hydrogens (tertiary/aromatic N) is 3. The zero-order chi connectivity index (χ0) is 40.7. The number of benzene rings is 10. The Hall–Kier alpha value is -7.99. The van der Waals surface area contributed by atoms with E-state index in [9.17, 15) is 0 Å². The van der Waals surface area contributed by atoms with E-state index in [1.165, 1.54) is 52.8 Å². The summed E-state index contributed by atoms with van der Waals surface area (Å²) in [6.45, 7) is 0. The molecule has 0 unspecified atom stereocenters. The molecule has 0 spiro atoms. The maximum absolute atomic E-state index is 6.40. The van der Waals surface area contributed by atoms with E-state index in [4.69, 9.17) is 19.4 Å². The van der Waals surface area contributed by atoms with Gasteiger partial charge in [-0.2, -0.15) is 0 Å². The van der Waals surface area contributed by atoms with Crippen LogP contribution in [-0.2, 0) is 0 Å². The molecule has 3 aromatic heterocycles. The highest BCUT2D eigenvalue weighted by molar-refractivity contribution is 7.26. The van der Waals surface area contributed by atoms with E-state index < -0.39 is 0 Å². The molecule has 0 bridgehead atoms. The SMILES string of the molecule is c1ccc(-c2nc(-c3ccc(-c4cccc5c4oc4ccccc45)cc3)nc(-c3cc4ccccc4c4sc5ccc(-c6ccc7ccc8ccccc8c7c6)cc5c34)n2)cc1. The van der Waals surface area contributed by atoms with E-state index in [1.54, 1.807) is 0 Å². The van der Waals surface area contributed by atoms with E-state index in [0.717, 1.165) is 60.5 Å². The van der Waals surface area contributed by atoms with Crippen LogP contribution in [0, 0.1) is 0 Å². The van der Waals surface area contributed by atoms with Gasteiger partial charge in [0.2, 0.25) is 0 Å². The first-order chi connectivity index (χ1) is 30.7. The zero-order valence-electron chi connectivity index (χ0n) is 33.2. The summed E-state index contributed by atoms with van der Waals surface area (Å²) in [6, 6.07) is 71.0. The van der Waals surface area contributed by atoms with Gasteiger partial charge in [0.15, 0.2) is 17.5 Å². The predicted molar refractivity (Wildman–Crippen MR) is 260 cm³/mol. The van der Waals surface area contributed by atoms with Crippen LogP contribution in [0.4, 0.5) is 0 Å². The minimum absolute atomic E-state index is 0.618. The summed E-state index contributed by atoms with van der Waals surface area (Å²) in [7, 11) is 0. The molecular formula is C57H33N3OS. The second kappa shape index (κ2) is 13.8. The van der Waals surface area contributed by atoms with Crippen LogP contribution < -0.4 is 0 Å². The summed E-state index contributed by atoms with van der Waals surface area (Å²) < 4.78 is 8.85. The normalized spacial score (nSPS) is 11.9. The Balaban J connectivity index is 0.999. The van der Waals surface area contributed by atoms with Crippen molar-refractivity contribution in [2.45, 2.75) is 0 Å². The Kier molecular flexibility index (Phi) is 7.74. The number of rotatable bonds is 5. The number of aromatic nitrogens is 3. The van der Waals surface area contributed by atoms with Crippen molar-refractivity contribution in [2.75, 3.05) is 0 Å². The Bertz CT molecular complexity index is 3920. The van der Waals surface area contributed by atoms with E-state index in [2.05, 4.69) is 170 Å². The Morgan fingerprint density at radius 1 is 0.339 bits per heavy atom. The molecule has 288 valence electrons. The fraction of sp³-hybridized carbons (Fsp3) is 0. The summed E-state index contributed by atoms with van der Waals surface area (Å²) in [6.07, 6.45) is 0. The lowest BCUT2D eigenvalue weighted by Gasteiger charge is -2.12. The molecule has 13 aromatic rings. The number of para-hydroxylation sites is 2. The topological polar surface area (TPSA) is 51.8 Å². The molecule has 5 heteroatoms. The van der Waals surface area contributed by atoms with Crippen LogP contribution in [0.1, 0.15) is 0 Å². The van der Waals surface area contributed by atoms with Crippen molar-refractivity contribution in [2.24, 2.45) is 0 Å². The van der Waals surface area contributed by atoms with E-state index in [1.807, 2.05) is 41.7 Å². The van der Waals surface area contributed by atoms with Gasteiger partial charge in [-0.15, -0.1) is 11.3 Å². The van der Waals surface area contributed by atoms with Crippen molar-refractivity contribution >= 4 is 85.8 Å². The van der Waals surface area contributed by atoms with Gasteiger partial charge in [-0.05, 0) is 79.3 Å². The second-order valence-electron chi connectivity index (χ2n) is 15.9. The molecule has 4 nitrogen and oxygen atoms in total. The highest BCUT2D eigenvalue weighted by Gasteiger charge is 2.20. The van der Waals surface area contributed by atoms with Crippen LogP contribution in [0.15, 0.2) is 205 Å². The summed E-state index contributed by atoms with van der Waals surface area (Å²) in [5, 5.41) is 11.9. The molecule has 0 fully saturated rings. The first-order valence-corrected chi connectivity index (χ1v) is 21.6. The molecule has 0 saturated carbocycles. The third-order valence-electron chi connectivity index (χ3n) is 12.3. The molecular weight excluding hydrogens is 775 g/mol. The Labute approximate surface area is 360 Å². The minimum atomic E-state index is 0.618. The van der Waals surface area contributed by atoms with Crippen LogP contribution in [0.3, 0.4) is 0 Å². The average Bonchev–Trinajstić information content (AvgIpc) is 3.93. The predicted octanol–water partition coefficient (Wildman–Crippen LogP) is 15.9. The van der Waals surface area contributed by atoms with E-state index >= 15 is 0 Å². The maximum atomic E-state index is 6.40. The van der Waals surface area contributed by atoms with Gasteiger partial charge in [-0.3, -0.25) is 0 Å². The molecule has 0 aliphatic carbocycles. The Morgan fingerprint density at radius 2 is 0.919 bits per heavy atom. The fourth-order valence-electron chi connectivity index (χ4n) is 9.26. The summed E-state index contributed by atoms with van der Waals surface area (Å²) >= 11 is 1.83. The highest BCUT2D eigenvalue weighted by atomic mass is 32.1. The molecule has 0 N–H and O–H groups in total. The molecule has 13 rings (SSSR count). The number of thiophene rings is 1. The first-order valence-electron chi connectivity index (χ1n) is 20.8. The molecule has 3 heterocycles. The second-order valence-corrected chi connectivity index (χ2v) is 17.0. The van der Waals surface area contributed by atoms with Gasteiger partial charge >= 0.3 is 0 Å². The number of hydrogen-bond donors (Lipinski definition) is 0. The average molecular weight is 808 g/mol. The zero-order valence-corrected chi connectivity index (χ0v) is 34.0. The van der Waals surface area contributed by atoms with Crippen molar-refractivity contribution in [3.63, 3.8) is 0 Å². The number of furan rings is 1. The van der Waals surface area contributed by atoms with E-state index in [-0.39, 0.29) is 0 Å². The maximum Gasteiger partial charge on any atom is 0.164 e. The monoisotopic (exact) mass is 807 g/mol. The lowest BCUT2D eigenvalue weighted by molar-refractivity contribution is 0.670. The van der Waals surface area contributed by atoms with Crippen LogP contribution in [-0.4, -0.2) is 15.0 Å². The largest absolute Gasteiger partial charge is 0.455 e. The van der Waals surface area contributed by atoms with Gasteiger partial charge in [-0.25, -0.2) is 15.0 Å². The van der Waals surface area contributed by atoms with Crippen molar-refractivity contribution in [3.05, 3.63) is 200 Å². The molecule has 0 radical (unpaired) electrons. The summed E-state index contributed by atoms with van der Waals surface area (Å²) in [4.78, 5) is 15.7. The molecule has 62 heavy (non-hydrogen) atoms. The Morgan fingerprint density at radius 3 is 1.74 bits per heavy atom. The fourth-order valence-corrected chi connectivity index (χ4v) is 10.5. The van der Waals surface area contributed by atoms with Gasteiger partial charge in [0, 0.05) is 53.2 Å². The molecule has 0 saturated heterocycles. The van der Waals surface area contributed by atoms with Crippen LogP contribution in [0.5, 0.6) is 0 Å². The third-order valence-corrected chi connectivity index (χ3v) is 13.5. The van der Waals surface area contributed by atoms with Crippen LogP contribution in [0.25, 0.3) is 131 Å². The van der Waals surface area contributed by atoms with Crippen molar-refractivity contribution in [1.82, 2.24) is 15.0 Å². The van der Waals surface area contributed by atoms with Crippen molar-refractivity contribution < 1.29 is 4.42 Å². The van der Waals surface area contributed by atoms with Gasteiger partial charge < -0.3 is 4.42 Å². The lowest BCUT2D eigenvalue weighted by Crippen LogP contribution is -2.00. The van der Waals surface area contributed by atoms with Gasteiger partial charge in [-0.1, -0.05) is 170 Å².